The van der Waals surface area contributed by atoms with Crippen molar-refractivity contribution >= 4 is 11.8 Å². The number of thioether (sulfide) groups is 1. The molecule has 0 saturated carbocycles. The lowest BCUT2D eigenvalue weighted by atomic mass is 10.2. The molecule has 0 aromatic rings. The third kappa shape index (κ3) is 7.17. The van der Waals surface area contributed by atoms with Crippen molar-refractivity contribution in [2.75, 3.05) is 50.8 Å². The molecule has 1 rings (SSSR count). The van der Waals surface area contributed by atoms with E-state index in [9.17, 15) is 0 Å². The van der Waals surface area contributed by atoms with Crippen LogP contribution in [0.1, 0.15) is 19.3 Å². The molecule has 0 unspecified atom stereocenters. The molecule has 15 heavy (non-hydrogen) atoms. The topological polar surface area (TPSA) is 35.5 Å². The first-order valence-corrected chi connectivity index (χ1v) is 7.20. The quantitative estimate of drug-likeness (QED) is 0.607. The highest BCUT2D eigenvalue weighted by Crippen LogP contribution is 2.07. The van der Waals surface area contributed by atoms with Gasteiger partial charge in [0.05, 0.1) is 0 Å². The fraction of sp³-hybridized carbons (Fsp3) is 1.00. The van der Waals surface area contributed by atoms with Crippen molar-refractivity contribution < 1.29 is 5.11 Å². The van der Waals surface area contributed by atoms with Crippen LogP contribution in [0.25, 0.3) is 0 Å². The molecule has 3 nitrogen and oxygen atoms in total. The van der Waals surface area contributed by atoms with Crippen LogP contribution in [0.4, 0.5) is 0 Å². The van der Waals surface area contributed by atoms with Crippen molar-refractivity contribution in [2.24, 2.45) is 0 Å². The molecule has 2 N–H and O–H groups in total. The lowest BCUT2D eigenvalue weighted by Crippen LogP contribution is -2.37. The minimum atomic E-state index is 0.339. The van der Waals surface area contributed by atoms with Crippen LogP contribution in [0, 0.1) is 0 Å². The summed E-state index contributed by atoms with van der Waals surface area (Å²) in [7, 11) is 0. The molecule has 1 aliphatic rings. The Morgan fingerprint density at radius 3 is 2.60 bits per heavy atom. The second-order valence-corrected chi connectivity index (χ2v) is 5.21. The van der Waals surface area contributed by atoms with Crippen molar-refractivity contribution in [3.63, 3.8) is 0 Å². The van der Waals surface area contributed by atoms with Crippen molar-refractivity contribution in [1.29, 1.82) is 0 Å². The third-order valence-corrected chi connectivity index (χ3v) is 3.66. The molecule has 1 fully saturated rings. The maximum atomic E-state index is 8.61. The van der Waals surface area contributed by atoms with E-state index in [0.29, 0.717) is 6.61 Å². The molecule has 1 heterocycles. The summed E-state index contributed by atoms with van der Waals surface area (Å²) in [5.41, 5.74) is 0. The van der Waals surface area contributed by atoms with E-state index in [1.54, 1.807) is 0 Å². The summed E-state index contributed by atoms with van der Waals surface area (Å²) < 4.78 is 0. The van der Waals surface area contributed by atoms with Gasteiger partial charge in [0.1, 0.15) is 0 Å². The van der Waals surface area contributed by atoms with E-state index in [4.69, 9.17) is 5.11 Å². The predicted octanol–water partition coefficient (Wildman–Crippen LogP) is 0.787. The second-order valence-electron chi connectivity index (χ2n) is 3.99. The van der Waals surface area contributed by atoms with Gasteiger partial charge in [0.15, 0.2) is 0 Å². The molecule has 0 aliphatic carbocycles. The van der Waals surface area contributed by atoms with Crippen molar-refractivity contribution in [2.45, 2.75) is 19.3 Å². The number of hydrogen-bond donors (Lipinski definition) is 2. The third-order valence-electron chi connectivity index (χ3n) is 2.72. The van der Waals surface area contributed by atoms with E-state index in [0.717, 1.165) is 25.9 Å². The van der Waals surface area contributed by atoms with Gasteiger partial charge in [0, 0.05) is 44.3 Å². The molecule has 0 radical (unpaired) electrons. The Hall–Kier alpha value is 0.230. The minimum Gasteiger partial charge on any atom is -0.396 e. The highest BCUT2D eigenvalue weighted by molar-refractivity contribution is 7.99. The van der Waals surface area contributed by atoms with Gasteiger partial charge >= 0.3 is 0 Å². The molecule has 0 aromatic heterocycles. The van der Waals surface area contributed by atoms with E-state index in [2.05, 4.69) is 22.0 Å². The van der Waals surface area contributed by atoms with Gasteiger partial charge in [-0.05, 0) is 25.8 Å². The first kappa shape index (κ1) is 13.3. The Morgan fingerprint density at radius 1 is 1.07 bits per heavy atom. The minimum absolute atomic E-state index is 0.339. The summed E-state index contributed by atoms with van der Waals surface area (Å²) in [6.07, 6.45) is 3.28. The zero-order valence-corrected chi connectivity index (χ0v) is 10.4. The van der Waals surface area contributed by atoms with Crippen molar-refractivity contribution in [3.05, 3.63) is 0 Å². The van der Waals surface area contributed by atoms with Crippen LogP contribution in [0.3, 0.4) is 0 Å². The Balaban J connectivity index is 1.79. The molecular formula is C11H24N2OS. The maximum Gasteiger partial charge on any atom is 0.0431 e. The molecule has 0 aromatic carbocycles. The van der Waals surface area contributed by atoms with Gasteiger partial charge < -0.3 is 15.3 Å². The molecule has 0 amide bonds. The zero-order chi connectivity index (χ0) is 10.8. The summed E-state index contributed by atoms with van der Waals surface area (Å²) >= 11 is 2.07. The van der Waals surface area contributed by atoms with Crippen molar-refractivity contribution in [1.82, 2.24) is 10.2 Å². The molecule has 90 valence electrons. The van der Waals surface area contributed by atoms with Gasteiger partial charge in [-0.2, -0.15) is 11.8 Å². The van der Waals surface area contributed by atoms with E-state index >= 15 is 0 Å². The highest BCUT2D eigenvalue weighted by Gasteiger charge is 2.08. The van der Waals surface area contributed by atoms with Gasteiger partial charge in [0.25, 0.3) is 0 Å². The van der Waals surface area contributed by atoms with Crippen LogP contribution in [-0.2, 0) is 0 Å². The average Bonchev–Trinajstić information content (AvgIpc) is 2.29. The van der Waals surface area contributed by atoms with E-state index < -0.39 is 0 Å². The van der Waals surface area contributed by atoms with E-state index in [-0.39, 0.29) is 0 Å². The van der Waals surface area contributed by atoms with E-state index in [1.165, 1.54) is 37.6 Å². The maximum absolute atomic E-state index is 8.61. The molecule has 0 spiro atoms. The monoisotopic (exact) mass is 232 g/mol. The highest BCUT2D eigenvalue weighted by atomic mass is 32.2. The number of unbranched alkanes of at least 4 members (excludes halogenated alkanes) is 2. The summed E-state index contributed by atoms with van der Waals surface area (Å²) in [4.78, 5) is 2.54. The number of aliphatic hydroxyl groups excluding tert-OH is 1. The van der Waals surface area contributed by atoms with Gasteiger partial charge in [-0.15, -0.1) is 0 Å². The Morgan fingerprint density at radius 2 is 1.87 bits per heavy atom. The Bertz CT molecular complexity index is 141. The van der Waals surface area contributed by atoms with Gasteiger partial charge in [-0.25, -0.2) is 0 Å². The number of rotatable bonds is 8. The van der Waals surface area contributed by atoms with Crippen LogP contribution in [0.5, 0.6) is 0 Å². The number of nitrogens with zero attached hydrogens (tertiary/aromatic N) is 1. The number of aliphatic hydroxyl groups is 1. The zero-order valence-electron chi connectivity index (χ0n) is 9.58. The van der Waals surface area contributed by atoms with Crippen molar-refractivity contribution in [3.8, 4) is 0 Å². The first-order valence-electron chi connectivity index (χ1n) is 6.05. The molecule has 0 atom stereocenters. The standard InChI is InChI=1S/C11H24N2OS/c14-9-3-1-2-4-12-5-6-13-7-10-15-11-8-13/h12,14H,1-11H2. The van der Waals surface area contributed by atoms with E-state index in [1.807, 2.05) is 0 Å². The van der Waals surface area contributed by atoms with Crippen LogP contribution >= 0.6 is 11.8 Å². The van der Waals surface area contributed by atoms with Gasteiger partial charge in [0.2, 0.25) is 0 Å². The largest absolute Gasteiger partial charge is 0.396 e. The normalized spacial score (nSPS) is 18.2. The fourth-order valence-corrected chi connectivity index (χ4v) is 2.70. The van der Waals surface area contributed by atoms with Crippen LogP contribution < -0.4 is 5.32 Å². The number of nitrogens with one attached hydrogen (secondary N) is 1. The average molecular weight is 232 g/mol. The first-order chi connectivity index (χ1) is 7.43. The summed E-state index contributed by atoms with van der Waals surface area (Å²) in [6, 6.07) is 0. The lowest BCUT2D eigenvalue weighted by molar-refractivity contribution is 0.281. The Labute approximate surface area is 97.6 Å². The SMILES string of the molecule is OCCCCCNCCN1CCSCC1. The Kier molecular flexibility index (Phi) is 8.38. The number of hydrogen-bond acceptors (Lipinski definition) is 4. The second kappa shape index (κ2) is 9.46. The van der Waals surface area contributed by atoms with Crippen LogP contribution in [0.2, 0.25) is 0 Å². The summed E-state index contributed by atoms with van der Waals surface area (Å²) in [5, 5.41) is 12.1. The fourth-order valence-electron chi connectivity index (χ4n) is 1.73. The summed E-state index contributed by atoms with van der Waals surface area (Å²) in [6.45, 7) is 6.27. The van der Waals surface area contributed by atoms with Crippen LogP contribution in [-0.4, -0.2) is 60.8 Å². The summed E-state index contributed by atoms with van der Waals surface area (Å²) in [5.74, 6) is 2.60. The molecule has 4 heteroatoms. The predicted molar refractivity (Wildman–Crippen MR) is 67.6 cm³/mol. The molecule has 1 aliphatic heterocycles. The van der Waals surface area contributed by atoms with Gasteiger partial charge in [-0.1, -0.05) is 0 Å². The smallest absolute Gasteiger partial charge is 0.0431 e. The molecule has 1 saturated heterocycles. The van der Waals surface area contributed by atoms with Crippen LogP contribution in [0.15, 0.2) is 0 Å². The van der Waals surface area contributed by atoms with Gasteiger partial charge in [-0.3, -0.25) is 0 Å². The molecule has 0 bridgehead atoms. The molecular weight excluding hydrogens is 208 g/mol. The lowest BCUT2D eigenvalue weighted by Gasteiger charge is -2.26.